The van der Waals surface area contributed by atoms with E-state index >= 15 is 0 Å². The average Bonchev–Trinajstić information content (AvgIpc) is 2.91. The molecule has 2 aromatic carbocycles. The second kappa shape index (κ2) is 16.0. The summed E-state index contributed by atoms with van der Waals surface area (Å²) in [5.41, 5.74) is -1.94. The van der Waals surface area contributed by atoms with Crippen molar-refractivity contribution in [1.82, 2.24) is 10.2 Å². The number of carbonyl (C=O) groups is 2. The van der Waals surface area contributed by atoms with Crippen LogP contribution >= 0.6 is 0 Å². The van der Waals surface area contributed by atoms with Crippen molar-refractivity contribution in [3.05, 3.63) is 50.3 Å². The van der Waals surface area contributed by atoms with E-state index in [-0.39, 0.29) is 28.9 Å². The van der Waals surface area contributed by atoms with E-state index in [0.29, 0.717) is 32.2 Å². The summed E-state index contributed by atoms with van der Waals surface area (Å²) in [6.07, 6.45) is 5.16. The number of anilines is 3. The Morgan fingerprint density at radius 1 is 0.850 bits per heavy atom. The van der Waals surface area contributed by atoms with Crippen molar-refractivity contribution in [1.29, 1.82) is 0 Å². The second-order valence-corrected chi connectivity index (χ2v) is 10.3. The molecule has 0 saturated heterocycles. The molecule has 2 aromatic rings. The molecule has 0 fully saturated rings. The molecule has 0 bridgehead atoms. The molecule has 0 saturated carbocycles. The van der Waals surface area contributed by atoms with Crippen LogP contribution in [0.25, 0.3) is 0 Å². The molecule has 40 heavy (non-hydrogen) atoms. The Bertz CT molecular complexity index is 1160. The van der Waals surface area contributed by atoms with Crippen LogP contribution in [0.2, 0.25) is 0 Å². The Hall–Kier alpha value is -3.37. The molecule has 1 atom stereocenters. The van der Waals surface area contributed by atoms with Crippen molar-refractivity contribution < 1.29 is 22.8 Å². The lowest BCUT2D eigenvalue weighted by Crippen LogP contribution is -2.46. The molecule has 0 aliphatic rings. The number of alkyl halides is 3. The highest BCUT2D eigenvalue weighted by Crippen LogP contribution is 2.30. The minimum absolute atomic E-state index is 0.00282. The smallest absolute Gasteiger partial charge is 0.380 e. The van der Waals surface area contributed by atoms with Crippen molar-refractivity contribution in [2.24, 2.45) is 0 Å². The van der Waals surface area contributed by atoms with Crippen LogP contribution in [0.5, 0.6) is 0 Å². The summed E-state index contributed by atoms with van der Waals surface area (Å²) in [5, 5.41) is 8.47. The fourth-order valence-corrected chi connectivity index (χ4v) is 4.33. The number of rotatable bonds is 18. The summed E-state index contributed by atoms with van der Waals surface area (Å²) < 4.78 is 38.3. The average molecular weight is 567 g/mol. The molecule has 3 N–H and O–H groups in total. The molecule has 2 amide bonds. The SMILES string of the molecule is CCCCCCCCCC(=O)N[C@@H](CCCCNc1c(Nc2ccc(C(F)(F)F)cc2)c(=O)c1=O)C(=O)N(C)C. The van der Waals surface area contributed by atoms with Crippen LogP contribution in [-0.2, 0) is 15.8 Å². The van der Waals surface area contributed by atoms with Gasteiger partial charge in [-0.15, -0.1) is 0 Å². The van der Waals surface area contributed by atoms with Crippen LogP contribution in [0.15, 0.2) is 33.9 Å². The van der Waals surface area contributed by atoms with Gasteiger partial charge in [0, 0.05) is 32.7 Å². The van der Waals surface area contributed by atoms with E-state index in [4.69, 9.17) is 0 Å². The molecule has 0 aromatic heterocycles. The third kappa shape index (κ3) is 10.3. The fourth-order valence-electron chi connectivity index (χ4n) is 4.33. The van der Waals surface area contributed by atoms with Gasteiger partial charge in [0.15, 0.2) is 0 Å². The predicted octanol–water partition coefficient (Wildman–Crippen LogP) is 5.34. The quantitative estimate of drug-likeness (QED) is 0.166. The van der Waals surface area contributed by atoms with Crippen molar-refractivity contribution in [2.75, 3.05) is 31.3 Å². The molecule has 222 valence electrons. The van der Waals surface area contributed by atoms with Crippen molar-refractivity contribution >= 4 is 28.9 Å². The van der Waals surface area contributed by atoms with Crippen LogP contribution in [0.1, 0.15) is 83.1 Å². The third-order valence-electron chi connectivity index (χ3n) is 6.69. The van der Waals surface area contributed by atoms with Gasteiger partial charge in [-0.05, 0) is 49.9 Å². The molecule has 8 nitrogen and oxygen atoms in total. The largest absolute Gasteiger partial charge is 0.416 e. The lowest BCUT2D eigenvalue weighted by atomic mass is 10.1. The topological polar surface area (TPSA) is 108 Å². The first-order valence-electron chi connectivity index (χ1n) is 14.0. The van der Waals surface area contributed by atoms with Gasteiger partial charge in [-0.1, -0.05) is 45.4 Å². The summed E-state index contributed by atoms with van der Waals surface area (Å²) in [6, 6.07) is 3.51. The van der Waals surface area contributed by atoms with Gasteiger partial charge in [0.2, 0.25) is 11.8 Å². The summed E-state index contributed by atoms with van der Waals surface area (Å²) in [6.45, 7) is 2.51. The molecule has 0 unspecified atom stereocenters. The fraction of sp³-hybridized carbons (Fsp3) is 0.586. The van der Waals surface area contributed by atoms with Gasteiger partial charge in [-0.2, -0.15) is 13.2 Å². The van der Waals surface area contributed by atoms with Gasteiger partial charge in [0.05, 0.1) is 5.56 Å². The summed E-state index contributed by atoms with van der Waals surface area (Å²) in [5.74, 6) is -0.332. The highest BCUT2D eigenvalue weighted by molar-refractivity contribution is 5.87. The lowest BCUT2D eigenvalue weighted by molar-refractivity contribution is -0.137. The Labute approximate surface area is 233 Å². The summed E-state index contributed by atoms with van der Waals surface area (Å²) in [4.78, 5) is 50.5. The van der Waals surface area contributed by atoms with Crippen molar-refractivity contribution in [3.63, 3.8) is 0 Å². The molecular formula is C29H41F3N4O4. The Morgan fingerprint density at radius 3 is 2.05 bits per heavy atom. The zero-order chi connectivity index (χ0) is 29.7. The van der Waals surface area contributed by atoms with Gasteiger partial charge in [-0.3, -0.25) is 19.2 Å². The normalized spacial score (nSPS) is 12.2. The zero-order valence-corrected chi connectivity index (χ0v) is 23.6. The molecule has 0 heterocycles. The molecule has 0 aliphatic heterocycles. The number of carbonyl (C=O) groups excluding carboxylic acids is 2. The van der Waals surface area contributed by atoms with E-state index in [1.807, 2.05) is 0 Å². The van der Waals surface area contributed by atoms with Crippen LogP contribution in [0.3, 0.4) is 0 Å². The van der Waals surface area contributed by atoms with Crippen LogP contribution < -0.4 is 26.8 Å². The number of halogens is 3. The highest BCUT2D eigenvalue weighted by atomic mass is 19.4. The van der Waals surface area contributed by atoms with Crippen molar-refractivity contribution in [2.45, 2.75) is 89.8 Å². The number of amides is 2. The Kier molecular flexibility index (Phi) is 13.2. The van der Waals surface area contributed by atoms with Gasteiger partial charge in [0.25, 0.3) is 10.9 Å². The first kappa shape index (κ1) is 32.8. The minimum Gasteiger partial charge on any atom is -0.380 e. The van der Waals surface area contributed by atoms with Crippen LogP contribution in [0.4, 0.5) is 30.2 Å². The maximum atomic E-state index is 12.8. The van der Waals surface area contributed by atoms with E-state index in [0.717, 1.165) is 31.4 Å². The highest BCUT2D eigenvalue weighted by Gasteiger charge is 2.30. The maximum Gasteiger partial charge on any atom is 0.416 e. The van der Waals surface area contributed by atoms with E-state index in [1.165, 1.54) is 42.7 Å². The zero-order valence-electron chi connectivity index (χ0n) is 23.6. The van der Waals surface area contributed by atoms with Gasteiger partial charge in [-0.25, -0.2) is 0 Å². The number of hydrogen-bond acceptors (Lipinski definition) is 6. The third-order valence-corrected chi connectivity index (χ3v) is 6.69. The number of nitrogens with one attached hydrogen (secondary N) is 3. The second-order valence-electron chi connectivity index (χ2n) is 10.3. The first-order valence-corrected chi connectivity index (χ1v) is 14.0. The van der Waals surface area contributed by atoms with Crippen LogP contribution in [-0.4, -0.2) is 43.4 Å². The number of hydrogen-bond donors (Lipinski definition) is 3. The monoisotopic (exact) mass is 566 g/mol. The van der Waals surface area contributed by atoms with Crippen molar-refractivity contribution in [3.8, 4) is 0 Å². The summed E-state index contributed by atoms with van der Waals surface area (Å²) in [7, 11) is 3.27. The molecule has 0 radical (unpaired) electrons. The molecule has 11 heteroatoms. The van der Waals surface area contributed by atoms with Gasteiger partial charge in [0.1, 0.15) is 17.4 Å². The number of unbranched alkanes of at least 4 members (excludes halogenated alkanes) is 7. The number of benzene rings is 1. The first-order chi connectivity index (χ1) is 19.0. The maximum absolute atomic E-state index is 12.8. The minimum atomic E-state index is -4.47. The van der Waals surface area contributed by atoms with E-state index in [1.54, 1.807) is 14.1 Å². The van der Waals surface area contributed by atoms with E-state index in [2.05, 4.69) is 22.9 Å². The van der Waals surface area contributed by atoms with Gasteiger partial charge < -0.3 is 20.9 Å². The van der Waals surface area contributed by atoms with E-state index in [9.17, 15) is 32.3 Å². The molecule has 0 spiro atoms. The standard InChI is InChI=1S/C29H41F3N4O4/c1-4-5-6-7-8-9-10-14-23(37)35-22(28(40)36(2)3)13-11-12-19-33-24-25(27(39)26(24)38)34-21-17-15-20(16-18-21)29(30,31)32/h15-18,22,33-34H,4-14,19H2,1-3H3,(H,35,37)/t22-/m0/s1. The molecule has 2 rings (SSSR count). The lowest BCUT2D eigenvalue weighted by Gasteiger charge is -2.22. The Morgan fingerprint density at radius 2 is 1.45 bits per heavy atom. The number of nitrogens with zero attached hydrogens (tertiary/aromatic N) is 1. The predicted molar refractivity (Wildman–Crippen MR) is 152 cm³/mol. The molecule has 0 aliphatic carbocycles. The number of likely N-dealkylation sites (N-methyl/N-ethyl adjacent to an activating group) is 1. The van der Waals surface area contributed by atoms with E-state index < -0.39 is 28.6 Å². The summed E-state index contributed by atoms with van der Waals surface area (Å²) >= 11 is 0. The molecular weight excluding hydrogens is 525 g/mol. The van der Waals surface area contributed by atoms with Crippen LogP contribution in [0, 0.1) is 0 Å². The van der Waals surface area contributed by atoms with Gasteiger partial charge >= 0.3 is 6.18 Å². The Balaban J connectivity index is 1.80.